The molecule has 2 aromatic rings. The van der Waals surface area contributed by atoms with E-state index in [-0.39, 0.29) is 18.4 Å². The number of imide groups is 1. The molecule has 10 heteroatoms. The Morgan fingerprint density at radius 2 is 1.87 bits per heavy atom. The Hall–Kier alpha value is -3.30. The summed E-state index contributed by atoms with van der Waals surface area (Å²) in [6, 6.07) is 3.49. The summed E-state index contributed by atoms with van der Waals surface area (Å²) < 4.78 is 7.28. The number of ether oxygens (including phenoxy) is 1. The van der Waals surface area contributed by atoms with Crippen molar-refractivity contribution in [1.29, 1.82) is 0 Å². The molecule has 0 saturated carbocycles. The summed E-state index contributed by atoms with van der Waals surface area (Å²) in [6.07, 6.45) is 3.49. The van der Waals surface area contributed by atoms with Gasteiger partial charge in [-0.05, 0) is 26.8 Å². The Morgan fingerprint density at radius 3 is 2.53 bits per heavy atom. The van der Waals surface area contributed by atoms with Crippen molar-refractivity contribution in [2.45, 2.75) is 32.8 Å². The number of carbonyl (C=O) groups is 3. The van der Waals surface area contributed by atoms with Crippen LogP contribution in [0.15, 0.2) is 24.5 Å². The van der Waals surface area contributed by atoms with E-state index in [1.165, 1.54) is 4.90 Å². The summed E-state index contributed by atoms with van der Waals surface area (Å²) >= 11 is 0. The van der Waals surface area contributed by atoms with Gasteiger partial charge in [0.15, 0.2) is 0 Å². The minimum atomic E-state index is -0.504. The Morgan fingerprint density at radius 1 is 1.13 bits per heavy atom. The smallest absolute Gasteiger partial charge is 0.410 e. The van der Waals surface area contributed by atoms with Gasteiger partial charge in [-0.1, -0.05) is 0 Å². The number of pyridine rings is 1. The first kappa shape index (κ1) is 20.0. The molecule has 4 heterocycles. The number of hydrogen-bond acceptors (Lipinski definition) is 6. The van der Waals surface area contributed by atoms with Crippen molar-refractivity contribution in [3.8, 4) is 0 Å². The van der Waals surface area contributed by atoms with Crippen molar-refractivity contribution in [2.75, 3.05) is 42.5 Å². The summed E-state index contributed by atoms with van der Waals surface area (Å²) in [6.45, 7) is 8.47. The molecular weight excluding hydrogens is 388 g/mol. The molecule has 0 atom stereocenters. The zero-order valence-electron chi connectivity index (χ0n) is 17.4. The van der Waals surface area contributed by atoms with E-state index in [2.05, 4.69) is 15.2 Å². The highest BCUT2D eigenvalue weighted by molar-refractivity contribution is 6.05. The van der Waals surface area contributed by atoms with Crippen LogP contribution in [0, 0.1) is 0 Å². The number of carbonyl (C=O) groups excluding carboxylic acids is 3. The maximum absolute atomic E-state index is 12.2. The SMILES string of the molecule is CC(C)(C)OC(=O)N1CCN(c2ccn3c(N4CCC(=O)NC4=O)cnc3c2)CC1. The highest BCUT2D eigenvalue weighted by Gasteiger charge is 2.28. The summed E-state index contributed by atoms with van der Waals surface area (Å²) in [5, 5.41) is 2.33. The van der Waals surface area contributed by atoms with Crippen molar-refractivity contribution in [1.82, 2.24) is 19.6 Å². The lowest BCUT2D eigenvalue weighted by Gasteiger charge is -2.36. The molecular formula is C20H26N6O4. The van der Waals surface area contributed by atoms with Gasteiger partial charge in [0.05, 0.1) is 6.20 Å². The van der Waals surface area contributed by atoms with Crippen LogP contribution in [-0.4, -0.2) is 70.6 Å². The van der Waals surface area contributed by atoms with Crippen molar-refractivity contribution < 1.29 is 19.1 Å². The lowest BCUT2D eigenvalue weighted by atomic mass is 10.2. The Bertz CT molecular complexity index is 987. The van der Waals surface area contributed by atoms with Crippen LogP contribution in [0.4, 0.5) is 21.1 Å². The lowest BCUT2D eigenvalue weighted by Crippen LogP contribution is -2.50. The van der Waals surface area contributed by atoms with Crippen LogP contribution in [-0.2, 0) is 9.53 Å². The van der Waals surface area contributed by atoms with Crippen LogP contribution in [0.25, 0.3) is 5.65 Å². The van der Waals surface area contributed by atoms with Gasteiger partial charge in [-0.25, -0.2) is 14.6 Å². The zero-order chi connectivity index (χ0) is 21.5. The van der Waals surface area contributed by atoms with Crippen molar-refractivity contribution >= 4 is 35.2 Å². The molecule has 2 aliphatic heterocycles. The average Bonchev–Trinajstić information content (AvgIpc) is 3.10. The first-order valence-electron chi connectivity index (χ1n) is 10.0. The lowest BCUT2D eigenvalue weighted by molar-refractivity contribution is -0.120. The van der Waals surface area contributed by atoms with Crippen LogP contribution < -0.4 is 15.1 Å². The predicted octanol–water partition coefficient (Wildman–Crippen LogP) is 1.84. The van der Waals surface area contributed by atoms with E-state index in [1.807, 2.05) is 43.5 Å². The molecule has 4 amide bonds. The molecule has 0 bridgehead atoms. The van der Waals surface area contributed by atoms with Gasteiger partial charge in [0, 0.05) is 57.1 Å². The largest absolute Gasteiger partial charge is 0.444 e. The highest BCUT2D eigenvalue weighted by Crippen LogP contribution is 2.24. The van der Waals surface area contributed by atoms with Gasteiger partial charge in [0.1, 0.15) is 17.1 Å². The van der Waals surface area contributed by atoms with Gasteiger partial charge in [-0.15, -0.1) is 0 Å². The van der Waals surface area contributed by atoms with Gasteiger partial charge >= 0.3 is 12.1 Å². The standard InChI is InChI=1S/C20H26N6O4/c1-20(2,3)30-19(29)24-10-8-23(9-11-24)14-4-6-25-15(12-14)21-13-17(25)26-7-5-16(27)22-18(26)28/h4,6,12-13H,5,7-11H2,1-3H3,(H,22,27,28). The quantitative estimate of drug-likeness (QED) is 0.805. The number of imidazole rings is 1. The molecule has 0 aliphatic carbocycles. The zero-order valence-corrected chi connectivity index (χ0v) is 17.4. The van der Waals surface area contributed by atoms with E-state index in [0.717, 1.165) is 5.69 Å². The average molecular weight is 414 g/mol. The van der Waals surface area contributed by atoms with Gasteiger partial charge in [-0.2, -0.15) is 0 Å². The first-order valence-corrected chi connectivity index (χ1v) is 10.0. The van der Waals surface area contributed by atoms with Crippen LogP contribution in [0.2, 0.25) is 0 Å². The van der Waals surface area contributed by atoms with E-state index in [9.17, 15) is 14.4 Å². The van der Waals surface area contributed by atoms with E-state index in [1.54, 1.807) is 11.1 Å². The highest BCUT2D eigenvalue weighted by atomic mass is 16.6. The summed E-state index contributed by atoms with van der Waals surface area (Å²) in [7, 11) is 0. The summed E-state index contributed by atoms with van der Waals surface area (Å²) in [5.41, 5.74) is 1.21. The number of urea groups is 1. The molecule has 0 spiro atoms. The van der Waals surface area contributed by atoms with Crippen molar-refractivity contribution in [3.63, 3.8) is 0 Å². The van der Waals surface area contributed by atoms with Crippen LogP contribution in [0.3, 0.4) is 0 Å². The number of amides is 4. The third-order valence-electron chi connectivity index (χ3n) is 5.10. The fourth-order valence-corrected chi connectivity index (χ4v) is 3.61. The normalized spacial score (nSPS) is 18.0. The fourth-order valence-electron chi connectivity index (χ4n) is 3.61. The second-order valence-electron chi connectivity index (χ2n) is 8.44. The number of rotatable bonds is 2. The van der Waals surface area contributed by atoms with E-state index < -0.39 is 11.6 Å². The van der Waals surface area contributed by atoms with Gasteiger partial charge in [0.25, 0.3) is 0 Å². The fraction of sp³-hybridized carbons (Fsp3) is 0.500. The van der Waals surface area contributed by atoms with Crippen LogP contribution in [0.1, 0.15) is 27.2 Å². The second kappa shape index (κ2) is 7.51. The minimum Gasteiger partial charge on any atom is -0.444 e. The Labute approximate surface area is 174 Å². The Kier molecular flexibility index (Phi) is 5.00. The van der Waals surface area contributed by atoms with E-state index >= 15 is 0 Å². The minimum absolute atomic E-state index is 0.263. The summed E-state index contributed by atoms with van der Waals surface area (Å²) in [4.78, 5) is 45.6. The first-order chi connectivity index (χ1) is 14.2. The molecule has 4 rings (SSSR count). The molecule has 2 aromatic heterocycles. The predicted molar refractivity (Wildman–Crippen MR) is 111 cm³/mol. The molecule has 0 radical (unpaired) electrons. The Balaban J connectivity index is 1.45. The van der Waals surface area contributed by atoms with E-state index in [4.69, 9.17) is 4.74 Å². The molecule has 0 aromatic carbocycles. The third kappa shape index (κ3) is 4.03. The van der Waals surface area contributed by atoms with Crippen LogP contribution in [0.5, 0.6) is 0 Å². The molecule has 0 unspecified atom stereocenters. The molecule has 2 fully saturated rings. The maximum atomic E-state index is 12.2. The molecule has 160 valence electrons. The molecule has 10 nitrogen and oxygen atoms in total. The van der Waals surface area contributed by atoms with Gasteiger partial charge < -0.3 is 14.5 Å². The number of nitrogens with zero attached hydrogens (tertiary/aromatic N) is 5. The molecule has 30 heavy (non-hydrogen) atoms. The van der Waals surface area contributed by atoms with Crippen molar-refractivity contribution in [2.24, 2.45) is 0 Å². The third-order valence-corrected chi connectivity index (χ3v) is 5.10. The number of nitrogens with one attached hydrogen (secondary N) is 1. The number of aromatic nitrogens is 2. The number of piperazine rings is 1. The molecule has 2 aliphatic rings. The van der Waals surface area contributed by atoms with E-state index in [0.29, 0.717) is 44.2 Å². The maximum Gasteiger partial charge on any atom is 0.410 e. The van der Waals surface area contributed by atoms with Gasteiger partial charge in [-0.3, -0.25) is 19.4 Å². The monoisotopic (exact) mass is 414 g/mol. The number of fused-ring (bicyclic) bond motifs is 1. The van der Waals surface area contributed by atoms with Gasteiger partial charge in [0.2, 0.25) is 5.91 Å². The second-order valence-corrected chi connectivity index (χ2v) is 8.44. The van der Waals surface area contributed by atoms with Crippen molar-refractivity contribution in [3.05, 3.63) is 24.5 Å². The molecule has 2 saturated heterocycles. The number of hydrogen-bond donors (Lipinski definition) is 1. The summed E-state index contributed by atoms with van der Waals surface area (Å²) in [5.74, 6) is 0.356. The molecule has 1 N–H and O–H groups in total. The topological polar surface area (TPSA) is 99.5 Å². The van der Waals surface area contributed by atoms with Crippen LogP contribution >= 0.6 is 0 Å². The number of anilines is 2.